The number of hydrogen-bond acceptors (Lipinski definition) is 4. The van der Waals surface area contributed by atoms with Crippen LogP contribution in [0.15, 0.2) is 36.4 Å². The van der Waals surface area contributed by atoms with Crippen LogP contribution in [0.1, 0.15) is 38.8 Å². The quantitative estimate of drug-likeness (QED) is 0.572. The number of rotatable bonds is 4. The van der Waals surface area contributed by atoms with Crippen molar-refractivity contribution in [1.29, 1.82) is 0 Å². The third kappa shape index (κ3) is 5.53. The third-order valence-corrected chi connectivity index (χ3v) is 5.16. The molecule has 1 aliphatic rings. The van der Waals surface area contributed by atoms with Crippen LogP contribution in [0.25, 0.3) is 0 Å². The van der Waals surface area contributed by atoms with E-state index in [0.717, 1.165) is 24.5 Å². The second kappa shape index (κ2) is 8.85. The first-order valence-corrected chi connectivity index (χ1v) is 10.1. The Balaban J connectivity index is 1.68. The van der Waals surface area contributed by atoms with E-state index in [1.165, 1.54) is 6.42 Å². The lowest BCUT2D eigenvalue weighted by Crippen LogP contribution is -2.39. The van der Waals surface area contributed by atoms with Crippen molar-refractivity contribution in [3.05, 3.63) is 47.1 Å². The fourth-order valence-electron chi connectivity index (χ4n) is 3.63. The highest BCUT2D eigenvalue weighted by Gasteiger charge is 2.23. The molecule has 0 radical (unpaired) electrons. The summed E-state index contributed by atoms with van der Waals surface area (Å²) in [5.74, 6) is 2.53. The van der Waals surface area contributed by atoms with Gasteiger partial charge in [-0.1, -0.05) is 55.8 Å². The van der Waals surface area contributed by atoms with Crippen molar-refractivity contribution in [2.24, 2.45) is 11.8 Å². The van der Waals surface area contributed by atoms with Gasteiger partial charge in [-0.25, -0.2) is 4.98 Å². The molecule has 1 aromatic carbocycles. The van der Waals surface area contributed by atoms with E-state index in [1.54, 1.807) is 0 Å². The predicted molar refractivity (Wildman–Crippen MR) is 116 cm³/mol. The maximum Gasteiger partial charge on any atom is 0.232 e. The molecule has 0 unspecified atom stereocenters. The van der Waals surface area contributed by atoms with Crippen LogP contribution in [0.2, 0.25) is 5.15 Å². The first-order valence-electron chi connectivity index (χ1n) is 9.32. The van der Waals surface area contributed by atoms with Gasteiger partial charge in [0.1, 0.15) is 11.0 Å². The van der Waals surface area contributed by atoms with E-state index >= 15 is 0 Å². The number of thiocarbonyl (C=S) groups is 1. The molecule has 3 rings (SSSR count). The summed E-state index contributed by atoms with van der Waals surface area (Å²) in [4.78, 5) is 11.2. The molecule has 144 valence electrons. The summed E-state index contributed by atoms with van der Waals surface area (Å²) in [7, 11) is 0. The Morgan fingerprint density at radius 2 is 1.85 bits per heavy atom. The van der Waals surface area contributed by atoms with Crippen molar-refractivity contribution in [3.63, 3.8) is 0 Å². The van der Waals surface area contributed by atoms with Gasteiger partial charge in [-0.05, 0) is 43.0 Å². The molecule has 0 spiro atoms. The Hall–Kier alpha value is -1.92. The van der Waals surface area contributed by atoms with E-state index in [-0.39, 0.29) is 6.04 Å². The first-order chi connectivity index (χ1) is 12.9. The normalized spacial score (nSPS) is 20.8. The van der Waals surface area contributed by atoms with E-state index in [2.05, 4.69) is 58.4 Å². The smallest absolute Gasteiger partial charge is 0.232 e. The van der Waals surface area contributed by atoms with Crippen molar-refractivity contribution in [2.75, 3.05) is 23.3 Å². The number of nitrogens with zero attached hydrogens (tertiary/aromatic N) is 3. The summed E-state index contributed by atoms with van der Waals surface area (Å²) in [5.41, 5.74) is 1.16. The van der Waals surface area contributed by atoms with Crippen molar-refractivity contribution in [1.82, 2.24) is 15.3 Å². The van der Waals surface area contributed by atoms with Gasteiger partial charge >= 0.3 is 0 Å². The summed E-state index contributed by atoms with van der Waals surface area (Å²) in [6.45, 7) is 8.56. The SMILES string of the molecule is C[C@@H]1C[C@H](C)CN(c2cc(Cl)nc(NC(=S)N[C@H](C)c3ccccc3)n2)C1. The Morgan fingerprint density at radius 3 is 2.52 bits per heavy atom. The predicted octanol–water partition coefficient (Wildman–Crippen LogP) is 4.66. The molecule has 1 fully saturated rings. The fourth-order valence-corrected chi connectivity index (χ4v) is 4.08. The summed E-state index contributed by atoms with van der Waals surface area (Å²) < 4.78 is 0. The minimum absolute atomic E-state index is 0.0775. The lowest BCUT2D eigenvalue weighted by molar-refractivity contribution is 0.355. The van der Waals surface area contributed by atoms with Crippen molar-refractivity contribution >= 4 is 40.7 Å². The van der Waals surface area contributed by atoms with Gasteiger partial charge in [0.25, 0.3) is 0 Å². The highest BCUT2D eigenvalue weighted by molar-refractivity contribution is 7.80. The molecule has 5 nitrogen and oxygen atoms in total. The summed E-state index contributed by atoms with van der Waals surface area (Å²) in [6, 6.07) is 12.0. The molecule has 1 aliphatic heterocycles. The van der Waals surface area contributed by atoms with E-state index in [4.69, 9.17) is 23.8 Å². The zero-order valence-corrected chi connectivity index (χ0v) is 17.5. The van der Waals surface area contributed by atoms with E-state index < -0.39 is 0 Å². The summed E-state index contributed by atoms with van der Waals surface area (Å²) in [5, 5.41) is 7.21. The highest BCUT2D eigenvalue weighted by Crippen LogP contribution is 2.27. The van der Waals surface area contributed by atoms with Crippen LogP contribution in [0.5, 0.6) is 0 Å². The lowest BCUT2D eigenvalue weighted by Gasteiger charge is -2.35. The number of piperidine rings is 1. The molecule has 2 N–H and O–H groups in total. The maximum atomic E-state index is 6.25. The van der Waals surface area contributed by atoms with E-state index in [1.807, 2.05) is 24.3 Å². The molecule has 0 aliphatic carbocycles. The molecule has 7 heteroatoms. The molecule has 1 saturated heterocycles. The van der Waals surface area contributed by atoms with Gasteiger partial charge in [-0.2, -0.15) is 4.98 Å². The van der Waals surface area contributed by atoms with Crippen LogP contribution in [-0.2, 0) is 0 Å². The van der Waals surface area contributed by atoms with E-state index in [9.17, 15) is 0 Å². The van der Waals surface area contributed by atoms with Crippen molar-refractivity contribution in [2.45, 2.75) is 33.2 Å². The number of benzene rings is 1. The van der Waals surface area contributed by atoms with Crippen LogP contribution < -0.4 is 15.5 Å². The maximum absolute atomic E-state index is 6.25. The zero-order valence-electron chi connectivity index (χ0n) is 15.9. The third-order valence-electron chi connectivity index (χ3n) is 4.75. The molecule has 0 saturated carbocycles. The Labute approximate surface area is 171 Å². The van der Waals surface area contributed by atoms with Crippen molar-refractivity contribution in [3.8, 4) is 0 Å². The number of nitrogens with one attached hydrogen (secondary N) is 2. The zero-order chi connectivity index (χ0) is 19.4. The number of aromatic nitrogens is 2. The Morgan fingerprint density at radius 1 is 1.19 bits per heavy atom. The number of hydrogen-bond donors (Lipinski definition) is 2. The highest BCUT2D eigenvalue weighted by atomic mass is 35.5. The lowest BCUT2D eigenvalue weighted by atomic mass is 9.92. The van der Waals surface area contributed by atoms with Crippen LogP contribution in [0.4, 0.5) is 11.8 Å². The molecule has 2 aromatic rings. The van der Waals surface area contributed by atoms with Gasteiger partial charge in [-0.3, -0.25) is 0 Å². The topological polar surface area (TPSA) is 53.1 Å². The summed E-state index contributed by atoms with van der Waals surface area (Å²) >= 11 is 11.7. The van der Waals surface area contributed by atoms with Crippen LogP contribution in [0.3, 0.4) is 0 Å². The monoisotopic (exact) mass is 403 g/mol. The standard InChI is InChI=1S/C20H26ClN5S/c1-13-9-14(2)12-26(11-13)18-10-17(21)23-19(24-18)25-20(27)22-15(3)16-7-5-4-6-8-16/h4-8,10,13-15H,9,11-12H2,1-3H3,(H2,22,23,24,25,27)/t13-,14+,15-/m1/s1. The second-order valence-electron chi connectivity index (χ2n) is 7.45. The molecule has 2 heterocycles. The van der Waals surface area contributed by atoms with Gasteiger partial charge in [0.2, 0.25) is 5.95 Å². The molecule has 27 heavy (non-hydrogen) atoms. The molecule has 0 amide bonds. The van der Waals surface area contributed by atoms with Gasteiger partial charge < -0.3 is 15.5 Å². The average Bonchev–Trinajstić information content (AvgIpc) is 2.61. The molecule has 0 bridgehead atoms. The number of anilines is 2. The fraction of sp³-hybridized carbons (Fsp3) is 0.450. The Kier molecular flexibility index (Phi) is 6.50. The minimum atomic E-state index is 0.0775. The van der Waals surface area contributed by atoms with Crippen molar-refractivity contribution < 1.29 is 0 Å². The molecule has 3 atom stereocenters. The number of halogens is 1. The second-order valence-corrected chi connectivity index (χ2v) is 8.25. The van der Waals surface area contributed by atoms with Crippen LogP contribution >= 0.6 is 23.8 Å². The van der Waals surface area contributed by atoms with Crippen LogP contribution in [0, 0.1) is 11.8 Å². The average molecular weight is 404 g/mol. The van der Waals surface area contributed by atoms with Gasteiger partial charge in [-0.15, -0.1) is 0 Å². The molecule has 1 aromatic heterocycles. The summed E-state index contributed by atoms with van der Waals surface area (Å²) in [6.07, 6.45) is 1.24. The molecular formula is C20H26ClN5S. The van der Waals surface area contributed by atoms with Gasteiger partial charge in [0.05, 0.1) is 6.04 Å². The minimum Gasteiger partial charge on any atom is -0.356 e. The van der Waals surface area contributed by atoms with Gasteiger partial charge in [0, 0.05) is 19.2 Å². The van der Waals surface area contributed by atoms with E-state index in [0.29, 0.717) is 28.0 Å². The first kappa shape index (κ1) is 19.8. The largest absolute Gasteiger partial charge is 0.356 e. The van der Waals surface area contributed by atoms with Crippen LogP contribution in [-0.4, -0.2) is 28.2 Å². The Bertz CT molecular complexity index is 775. The van der Waals surface area contributed by atoms with Gasteiger partial charge in [0.15, 0.2) is 5.11 Å². The molecular weight excluding hydrogens is 378 g/mol.